The number of amides is 1. The second kappa shape index (κ2) is 4.56. The predicted octanol–water partition coefficient (Wildman–Crippen LogP) is -2.95. The number of aliphatic carboxylic acids is 1. The number of fused-ring (bicyclic) bond motifs is 1. The van der Waals surface area contributed by atoms with Gasteiger partial charge < -0.3 is 24.4 Å². The highest BCUT2D eigenvalue weighted by Crippen LogP contribution is 2.51. The summed E-state index contributed by atoms with van der Waals surface area (Å²) >= 11 is 0. The molecule has 110 valence electrons. The van der Waals surface area contributed by atoms with Crippen LogP contribution in [0, 0.1) is 11.8 Å². The van der Waals surface area contributed by atoms with Crippen LogP contribution in [0.25, 0.3) is 0 Å². The topological polar surface area (TPSA) is 74.1 Å². The van der Waals surface area contributed by atoms with Gasteiger partial charge in [-0.05, 0) is 0 Å². The van der Waals surface area contributed by atoms with Gasteiger partial charge in [-0.25, -0.2) is 0 Å². The average Bonchev–Trinajstić information content (AvgIpc) is 2.98. The van der Waals surface area contributed by atoms with E-state index < -0.39 is 29.5 Å². The first-order valence-corrected chi connectivity index (χ1v) is 7.10. The molecule has 2 bridgehead atoms. The summed E-state index contributed by atoms with van der Waals surface area (Å²) in [7, 11) is 4.14. The van der Waals surface area contributed by atoms with Crippen molar-refractivity contribution >= 4 is 11.9 Å². The number of carboxylic acids is 1. The van der Waals surface area contributed by atoms with Gasteiger partial charge >= 0.3 is 0 Å². The maximum absolute atomic E-state index is 12.5. The fourth-order valence-corrected chi connectivity index (χ4v) is 3.66. The van der Waals surface area contributed by atoms with Gasteiger partial charge in [0.15, 0.2) is 0 Å². The third-order valence-corrected chi connectivity index (χ3v) is 4.56. The number of rotatable bonds is 5. The van der Waals surface area contributed by atoms with Gasteiger partial charge in [-0.2, -0.15) is 0 Å². The van der Waals surface area contributed by atoms with Crippen molar-refractivity contribution in [3.05, 3.63) is 12.2 Å². The van der Waals surface area contributed by atoms with Crippen LogP contribution in [0.1, 0.15) is 6.42 Å². The summed E-state index contributed by atoms with van der Waals surface area (Å²) < 4.78 is 5.79. The molecule has 0 aromatic rings. The first kappa shape index (κ1) is 13.6. The largest absolute Gasteiger partial charge is 0.550 e. The Balaban J connectivity index is 1.74. The van der Waals surface area contributed by atoms with Crippen LogP contribution in [0.15, 0.2) is 12.2 Å². The van der Waals surface area contributed by atoms with E-state index >= 15 is 0 Å². The Morgan fingerprint density at radius 3 is 3.00 bits per heavy atom. The van der Waals surface area contributed by atoms with Crippen LogP contribution in [0.3, 0.4) is 0 Å². The molecule has 0 aromatic heterocycles. The summed E-state index contributed by atoms with van der Waals surface area (Å²) in [5, 5.41) is 11.3. The molecule has 0 unspecified atom stereocenters. The molecule has 4 atom stereocenters. The van der Waals surface area contributed by atoms with Gasteiger partial charge in [-0.1, -0.05) is 12.2 Å². The van der Waals surface area contributed by atoms with Crippen molar-refractivity contribution in [2.45, 2.75) is 18.1 Å². The normalized spacial score (nSPS) is 38.0. The van der Waals surface area contributed by atoms with Gasteiger partial charge in [-0.15, -0.1) is 0 Å². The van der Waals surface area contributed by atoms with Gasteiger partial charge in [0.2, 0.25) is 5.91 Å². The van der Waals surface area contributed by atoms with Gasteiger partial charge in [0.25, 0.3) is 0 Å². The number of nitrogens with one attached hydrogen (secondary N) is 1. The lowest BCUT2D eigenvalue weighted by Crippen LogP contribution is -3.05. The first-order valence-electron chi connectivity index (χ1n) is 7.10. The van der Waals surface area contributed by atoms with E-state index in [1.807, 2.05) is 6.08 Å². The monoisotopic (exact) mass is 280 g/mol. The standard InChI is InChI=1S/C14H20N2O4/c1-15(2)6-3-7-16-8-14-5-4-9(20-14)10(13(18)19)11(14)12(16)17/h4-5,9-11H,3,6-8H2,1-2H3,(H,18,19)/t9-,10-,11+,14-/m0/s1. The van der Waals surface area contributed by atoms with Gasteiger partial charge in [0.1, 0.15) is 5.60 Å². The highest BCUT2D eigenvalue weighted by molar-refractivity contribution is 5.90. The Labute approximate surface area is 118 Å². The van der Waals surface area contributed by atoms with Crippen LogP contribution >= 0.6 is 0 Å². The maximum atomic E-state index is 12.5. The lowest BCUT2D eigenvalue weighted by Gasteiger charge is -2.24. The summed E-state index contributed by atoms with van der Waals surface area (Å²) in [6, 6.07) is 0. The maximum Gasteiger partial charge on any atom is 0.229 e. The molecule has 3 aliphatic rings. The smallest absolute Gasteiger partial charge is 0.229 e. The van der Waals surface area contributed by atoms with Gasteiger partial charge in [0.05, 0.1) is 39.2 Å². The van der Waals surface area contributed by atoms with Gasteiger partial charge in [0, 0.05) is 24.9 Å². The number of quaternary nitrogens is 1. The molecule has 1 amide bonds. The molecule has 2 fully saturated rings. The molecule has 0 saturated carbocycles. The zero-order valence-electron chi connectivity index (χ0n) is 11.8. The Hall–Kier alpha value is -1.40. The van der Waals surface area contributed by atoms with Crippen molar-refractivity contribution < 1.29 is 24.3 Å². The Morgan fingerprint density at radius 1 is 1.60 bits per heavy atom. The molecule has 0 aromatic carbocycles. The summed E-state index contributed by atoms with van der Waals surface area (Å²) in [6.45, 7) is 2.10. The van der Waals surface area contributed by atoms with E-state index in [9.17, 15) is 14.7 Å². The Bertz CT molecular complexity index is 476. The zero-order chi connectivity index (χ0) is 14.5. The molecule has 0 aliphatic carbocycles. The minimum atomic E-state index is -1.18. The molecular weight excluding hydrogens is 260 g/mol. The van der Waals surface area contributed by atoms with E-state index in [2.05, 4.69) is 14.1 Å². The highest BCUT2D eigenvalue weighted by atomic mass is 16.5. The molecule has 3 aliphatic heterocycles. The molecule has 6 nitrogen and oxygen atoms in total. The van der Waals surface area contributed by atoms with E-state index in [0.29, 0.717) is 13.1 Å². The second-order valence-electron chi connectivity index (χ2n) is 6.29. The molecule has 1 N–H and O–H groups in total. The molecule has 6 heteroatoms. The van der Waals surface area contributed by atoms with Crippen LogP contribution in [0.5, 0.6) is 0 Å². The number of carbonyl (C=O) groups excluding carboxylic acids is 2. The van der Waals surface area contributed by atoms with Crippen LogP contribution in [-0.4, -0.2) is 62.2 Å². The van der Waals surface area contributed by atoms with E-state index in [1.165, 1.54) is 4.90 Å². The van der Waals surface area contributed by atoms with E-state index in [1.54, 1.807) is 11.0 Å². The fraction of sp³-hybridized carbons (Fsp3) is 0.714. The molecule has 1 spiro atoms. The van der Waals surface area contributed by atoms with E-state index in [-0.39, 0.29) is 5.91 Å². The summed E-state index contributed by atoms with van der Waals surface area (Å²) in [6.07, 6.45) is 4.04. The van der Waals surface area contributed by atoms with Crippen molar-refractivity contribution in [3.8, 4) is 0 Å². The number of hydrogen-bond donors (Lipinski definition) is 1. The van der Waals surface area contributed by atoms with Crippen molar-refractivity contribution in [2.24, 2.45) is 11.8 Å². The Kier molecular flexibility index (Phi) is 3.10. The summed E-state index contributed by atoms with van der Waals surface area (Å²) in [5.41, 5.74) is -0.725. The molecule has 0 radical (unpaired) electrons. The number of ether oxygens (including phenoxy) is 1. The number of likely N-dealkylation sites (tertiary alicyclic amines) is 1. The number of hydrogen-bond acceptors (Lipinski definition) is 4. The fourth-order valence-electron chi connectivity index (χ4n) is 3.66. The van der Waals surface area contributed by atoms with Crippen LogP contribution in [0.4, 0.5) is 0 Å². The molecule has 3 rings (SSSR count). The average molecular weight is 280 g/mol. The number of nitrogens with zero attached hydrogens (tertiary/aromatic N) is 1. The second-order valence-corrected chi connectivity index (χ2v) is 6.29. The van der Waals surface area contributed by atoms with Gasteiger partial charge in [-0.3, -0.25) is 4.79 Å². The number of carbonyl (C=O) groups is 2. The summed E-state index contributed by atoms with van der Waals surface area (Å²) in [4.78, 5) is 26.8. The zero-order valence-corrected chi connectivity index (χ0v) is 11.8. The van der Waals surface area contributed by atoms with E-state index in [0.717, 1.165) is 13.0 Å². The van der Waals surface area contributed by atoms with E-state index in [4.69, 9.17) is 4.74 Å². The molecule has 20 heavy (non-hydrogen) atoms. The SMILES string of the molecule is C[NH+](C)CCCN1C[C@]23C=C[C@H](O2)[C@H](C(=O)[O-])[C@@H]3C1=O. The number of carboxylic acid groups (broad SMARTS) is 1. The quantitative estimate of drug-likeness (QED) is 0.547. The van der Waals surface area contributed by atoms with Crippen LogP contribution in [-0.2, 0) is 14.3 Å². The highest BCUT2D eigenvalue weighted by Gasteiger charge is 2.65. The van der Waals surface area contributed by atoms with Crippen molar-refractivity contribution in [1.82, 2.24) is 4.90 Å². The third kappa shape index (κ3) is 1.86. The minimum absolute atomic E-state index is 0.0974. The van der Waals surface area contributed by atoms with Crippen molar-refractivity contribution in [1.29, 1.82) is 0 Å². The molecule has 2 saturated heterocycles. The van der Waals surface area contributed by atoms with Crippen molar-refractivity contribution in [2.75, 3.05) is 33.7 Å². The predicted molar refractivity (Wildman–Crippen MR) is 67.6 cm³/mol. The molecular formula is C14H20N2O4. The molecule has 3 heterocycles. The summed E-state index contributed by atoms with van der Waals surface area (Å²) in [5.74, 6) is -2.72. The first-order chi connectivity index (χ1) is 9.44. The Morgan fingerprint density at radius 2 is 2.35 bits per heavy atom. The lowest BCUT2D eigenvalue weighted by atomic mass is 9.77. The third-order valence-electron chi connectivity index (χ3n) is 4.56. The van der Waals surface area contributed by atoms with Crippen molar-refractivity contribution in [3.63, 3.8) is 0 Å². The van der Waals surface area contributed by atoms with Crippen LogP contribution < -0.4 is 10.0 Å². The lowest BCUT2D eigenvalue weighted by molar-refractivity contribution is -0.858. The minimum Gasteiger partial charge on any atom is -0.550 e. The van der Waals surface area contributed by atoms with Crippen LogP contribution in [0.2, 0.25) is 0 Å².